The Balaban J connectivity index is 2.53. The molecule has 4 nitrogen and oxygen atoms in total. The van der Waals surface area contributed by atoms with Crippen LogP contribution < -0.4 is 16.4 Å². The fourth-order valence-electron chi connectivity index (χ4n) is 1.30. The van der Waals surface area contributed by atoms with E-state index < -0.39 is 0 Å². The number of urea groups is 1. The SMILES string of the molecule is CCCCNC(=O)Nc1cccc(C(N)=S)c1. The number of anilines is 1. The van der Waals surface area contributed by atoms with Gasteiger partial charge in [0.05, 0.1) is 0 Å². The molecule has 0 spiro atoms. The van der Waals surface area contributed by atoms with Gasteiger partial charge < -0.3 is 16.4 Å². The van der Waals surface area contributed by atoms with Crippen molar-refractivity contribution in [2.24, 2.45) is 5.73 Å². The molecule has 0 unspecified atom stereocenters. The summed E-state index contributed by atoms with van der Waals surface area (Å²) < 4.78 is 0. The van der Waals surface area contributed by atoms with Crippen LogP contribution in [0.25, 0.3) is 0 Å². The Morgan fingerprint density at radius 3 is 2.88 bits per heavy atom. The van der Waals surface area contributed by atoms with E-state index in [1.165, 1.54) is 0 Å². The van der Waals surface area contributed by atoms with Crippen LogP contribution in [0.5, 0.6) is 0 Å². The third-order valence-electron chi connectivity index (χ3n) is 2.22. The second-order valence-electron chi connectivity index (χ2n) is 3.68. The molecule has 0 aliphatic heterocycles. The smallest absolute Gasteiger partial charge is 0.319 e. The van der Waals surface area contributed by atoms with E-state index in [1.54, 1.807) is 18.2 Å². The summed E-state index contributed by atoms with van der Waals surface area (Å²) >= 11 is 4.87. The van der Waals surface area contributed by atoms with E-state index in [0.29, 0.717) is 17.2 Å². The third-order valence-corrected chi connectivity index (χ3v) is 2.46. The monoisotopic (exact) mass is 251 g/mol. The minimum Gasteiger partial charge on any atom is -0.389 e. The molecule has 92 valence electrons. The number of hydrogen-bond acceptors (Lipinski definition) is 2. The summed E-state index contributed by atoms with van der Waals surface area (Å²) in [6.45, 7) is 2.75. The van der Waals surface area contributed by atoms with Gasteiger partial charge in [-0.25, -0.2) is 4.79 Å². The predicted octanol–water partition coefficient (Wildman–Crippen LogP) is 2.24. The van der Waals surface area contributed by atoms with E-state index in [0.717, 1.165) is 18.4 Å². The van der Waals surface area contributed by atoms with Gasteiger partial charge in [0.15, 0.2) is 0 Å². The lowest BCUT2D eigenvalue weighted by atomic mass is 10.2. The van der Waals surface area contributed by atoms with Crippen LogP contribution in [0, 0.1) is 0 Å². The Hall–Kier alpha value is -1.62. The van der Waals surface area contributed by atoms with Crippen LogP contribution in [0.3, 0.4) is 0 Å². The summed E-state index contributed by atoms with van der Waals surface area (Å²) in [6.07, 6.45) is 2.03. The Morgan fingerprint density at radius 1 is 1.47 bits per heavy atom. The standard InChI is InChI=1S/C12H17N3OS/c1-2-3-7-14-12(16)15-10-6-4-5-9(8-10)11(13)17/h4-6,8H,2-3,7H2,1H3,(H2,13,17)(H2,14,15,16). The van der Waals surface area contributed by atoms with Gasteiger partial charge in [-0.05, 0) is 18.6 Å². The number of rotatable bonds is 5. The van der Waals surface area contributed by atoms with Crippen molar-refractivity contribution in [2.75, 3.05) is 11.9 Å². The molecule has 5 heteroatoms. The van der Waals surface area contributed by atoms with Gasteiger partial charge in [0.25, 0.3) is 0 Å². The molecule has 0 atom stereocenters. The predicted molar refractivity (Wildman–Crippen MR) is 74.3 cm³/mol. The minimum absolute atomic E-state index is 0.210. The number of hydrogen-bond donors (Lipinski definition) is 3. The zero-order chi connectivity index (χ0) is 12.7. The van der Waals surface area contributed by atoms with Crippen LogP contribution in [0.4, 0.5) is 10.5 Å². The van der Waals surface area contributed by atoms with Crippen LogP contribution in [0.15, 0.2) is 24.3 Å². The van der Waals surface area contributed by atoms with Gasteiger partial charge >= 0.3 is 6.03 Å². The molecule has 2 amide bonds. The third kappa shape index (κ3) is 4.82. The molecule has 0 saturated heterocycles. The summed E-state index contributed by atoms with van der Waals surface area (Å²) in [5.74, 6) is 0. The van der Waals surface area contributed by atoms with E-state index >= 15 is 0 Å². The molecule has 17 heavy (non-hydrogen) atoms. The summed E-state index contributed by atoms with van der Waals surface area (Å²) in [5.41, 5.74) is 6.94. The maximum Gasteiger partial charge on any atom is 0.319 e. The highest BCUT2D eigenvalue weighted by atomic mass is 32.1. The molecule has 0 aromatic heterocycles. The van der Waals surface area contributed by atoms with Gasteiger partial charge in [-0.15, -0.1) is 0 Å². The lowest BCUT2D eigenvalue weighted by molar-refractivity contribution is 0.252. The van der Waals surface area contributed by atoms with Crippen molar-refractivity contribution in [1.29, 1.82) is 0 Å². The first-order valence-corrected chi connectivity index (χ1v) is 5.99. The molecule has 1 aromatic rings. The highest BCUT2D eigenvalue weighted by molar-refractivity contribution is 7.80. The quantitative estimate of drug-likeness (QED) is 0.555. The molecule has 1 rings (SSSR count). The highest BCUT2D eigenvalue weighted by Crippen LogP contribution is 2.10. The zero-order valence-electron chi connectivity index (χ0n) is 9.82. The van der Waals surface area contributed by atoms with Gasteiger partial charge in [0, 0.05) is 17.8 Å². The largest absolute Gasteiger partial charge is 0.389 e. The second-order valence-corrected chi connectivity index (χ2v) is 4.12. The second kappa shape index (κ2) is 6.85. The van der Waals surface area contributed by atoms with Crippen molar-refractivity contribution in [1.82, 2.24) is 5.32 Å². The van der Waals surface area contributed by atoms with E-state index in [4.69, 9.17) is 18.0 Å². The zero-order valence-corrected chi connectivity index (χ0v) is 10.6. The summed E-state index contributed by atoms with van der Waals surface area (Å²) in [7, 11) is 0. The molecule has 1 aromatic carbocycles. The number of unbranched alkanes of at least 4 members (excludes halogenated alkanes) is 1. The fraction of sp³-hybridized carbons (Fsp3) is 0.333. The molecular weight excluding hydrogens is 234 g/mol. The Morgan fingerprint density at radius 2 is 2.24 bits per heavy atom. The molecule has 4 N–H and O–H groups in total. The molecule has 0 aliphatic rings. The Labute approximate surface area is 107 Å². The van der Waals surface area contributed by atoms with Gasteiger partial charge in [-0.3, -0.25) is 0 Å². The lowest BCUT2D eigenvalue weighted by Crippen LogP contribution is -2.29. The van der Waals surface area contributed by atoms with Crippen molar-refractivity contribution in [2.45, 2.75) is 19.8 Å². The van der Waals surface area contributed by atoms with Crippen LogP contribution in [0.2, 0.25) is 0 Å². The van der Waals surface area contributed by atoms with Crippen molar-refractivity contribution >= 4 is 28.9 Å². The maximum atomic E-state index is 11.5. The van der Waals surface area contributed by atoms with Gasteiger partial charge in [-0.2, -0.15) is 0 Å². The van der Waals surface area contributed by atoms with Crippen LogP contribution >= 0.6 is 12.2 Å². The number of carbonyl (C=O) groups is 1. The fourth-order valence-corrected chi connectivity index (χ4v) is 1.43. The number of nitrogens with two attached hydrogens (primary N) is 1. The Kier molecular flexibility index (Phi) is 5.42. The van der Waals surface area contributed by atoms with Crippen molar-refractivity contribution in [3.63, 3.8) is 0 Å². The van der Waals surface area contributed by atoms with Gasteiger partial charge in [0.2, 0.25) is 0 Å². The van der Waals surface area contributed by atoms with E-state index in [2.05, 4.69) is 17.6 Å². The van der Waals surface area contributed by atoms with Crippen molar-refractivity contribution < 1.29 is 4.79 Å². The number of amides is 2. The minimum atomic E-state index is -0.210. The molecule has 0 saturated carbocycles. The lowest BCUT2D eigenvalue weighted by Gasteiger charge is -2.08. The number of nitrogens with one attached hydrogen (secondary N) is 2. The molecule has 0 heterocycles. The average molecular weight is 251 g/mol. The first kappa shape index (κ1) is 13.4. The van der Waals surface area contributed by atoms with E-state index in [1.807, 2.05) is 6.07 Å². The first-order valence-electron chi connectivity index (χ1n) is 5.58. The molecule has 0 radical (unpaired) electrons. The summed E-state index contributed by atoms with van der Waals surface area (Å²) in [6, 6.07) is 6.94. The summed E-state index contributed by atoms with van der Waals surface area (Å²) in [5, 5.41) is 5.50. The number of carbonyl (C=O) groups excluding carboxylic acids is 1. The summed E-state index contributed by atoms with van der Waals surface area (Å²) in [4.78, 5) is 11.8. The van der Waals surface area contributed by atoms with E-state index in [-0.39, 0.29) is 6.03 Å². The molecule has 0 fully saturated rings. The van der Waals surface area contributed by atoms with Crippen molar-refractivity contribution in [3.05, 3.63) is 29.8 Å². The molecule has 0 aliphatic carbocycles. The van der Waals surface area contributed by atoms with Gasteiger partial charge in [0.1, 0.15) is 4.99 Å². The van der Waals surface area contributed by atoms with Crippen LogP contribution in [0.1, 0.15) is 25.3 Å². The number of benzene rings is 1. The van der Waals surface area contributed by atoms with Gasteiger partial charge in [-0.1, -0.05) is 37.7 Å². The van der Waals surface area contributed by atoms with Crippen molar-refractivity contribution in [3.8, 4) is 0 Å². The molecular formula is C12H17N3OS. The first-order chi connectivity index (χ1) is 8.13. The van der Waals surface area contributed by atoms with E-state index in [9.17, 15) is 4.79 Å². The van der Waals surface area contributed by atoms with Crippen LogP contribution in [-0.2, 0) is 0 Å². The van der Waals surface area contributed by atoms with Crippen LogP contribution in [-0.4, -0.2) is 17.6 Å². The number of thiocarbonyl (C=S) groups is 1. The topological polar surface area (TPSA) is 67.2 Å². The Bertz CT molecular complexity index is 406. The molecule has 0 bridgehead atoms. The highest BCUT2D eigenvalue weighted by Gasteiger charge is 2.02. The normalized spacial score (nSPS) is 9.71. The average Bonchev–Trinajstić information content (AvgIpc) is 2.29. The maximum absolute atomic E-state index is 11.5.